The van der Waals surface area contributed by atoms with Crippen LogP contribution < -0.4 is 5.32 Å². The van der Waals surface area contributed by atoms with E-state index in [0.29, 0.717) is 6.04 Å². The highest BCUT2D eigenvalue weighted by molar-refractivity contribution is 5.11. The minimum absolute atomic E-state index is 0.670. The Labute approximate surface area is 134 Å². The lowest BCUT2D eigenvalue weighted by atomic mass is 9.92. The highest BCUT2D eigenvalue weighted by atomic mass is 14.9. The molecule has 1 aliphatic carbocycles. The van der Waals surface area contributed by atoms with E-state index in [0.717, 1.165) is 6.54 Å². The molecule has 1 aliphatic rings. The first kappa shape index (κ1) is 18.7. The first-order valence-electron chi connectivity index (χ1n) is 9.80. The molecule has 0 aromatic carbocycles. The molecule has 0 saturated heterocycles. The van der Waals surface area contributed by atoms with E-state index in [1.54, 1.807) is 5.57 Å². The highest BCUT2D eigenvalue weighted by Crippen LogP contribution is 2.22. The van der Waals surface area contributed by atoms with Crippen LogP contribution >= 0.6 is 0 Å². The molecule has 1 atom stereocenters. The monoisotopic (exact) mass is 293 g/mol. The molecule has 1 unspecified atom stereocenters. The molecular formula is C20H39N. The molecule has 0 spiro atoms. The van der Waals surface area contributed by atoms with Crippen molar-refractivity contribution in [3.8, 4) is 0 Å². The molecule has 1 nitrogen and oxygen atoms in total. The van der Waals surface area contributed by atoms with Crippen LogP contribution in [0.1, 0.15) is 104 Å². The Balaban J connectivity index is 2.24. The van der Waals surface area contributed by atoms with Crippen molar-refractivity contribution in [3.05, 3.63) is 11.6 Å². The fourth-order valence-electron chi connectivity index (χ4n) is 3.50. The SMILES string of the molecule is CCCCCCCCCC(NCC)C1=CCCCCCC1. The van der Waals surface area contributed by atoms with Gasteiger partial charge >= 0.3 is 0 Å². The maximum Gasteiger partial charge on any atom is 0.0279 e. The van der Waals surface area contributed by atoms with Crippen molar-refractivity contribution in [2.45, 2.75) is 110 Å². The van der Waals surface area contributed by atoms with Crippen molar-refractivity contribution in [3.63, 3.8) is 0 Å². The summed E-state index contributed by atoms with van der Waals surface area (Å²) >= 11 is 0. The summed E-state index contributed by atoms with van der Waals surface area (Å²) < 4.78 is 0. The van der Waals surface area contributed by atoms with Crippen LogP contribution in [0.3, 0.4) is 0 Å². The average molecular weight is 294 g/mol. The van der Waals surface area contributed by atoms with Gasteiger partial charge in [0.1, 0.15) is 0 Å². The molecule has 0 saturated carbocycles. The van der Waals surface area contributed by atoms with Crippen LogP contribution in [0.4, 0.5) is 0 Å². The summed E-state index contributed by atoms with van der Waals surface area (Å²) in [5, 5.41) is 3.74. The normalized spacial score (nSPS) is 17.9. The molecule has 1 rings (SSSR count). The molecule has 21 heavy (non-hydrogen) atoms. The third-order valence-electron chi connectivity index (χ3n) is 4.82. The second-order valence-corrected chi connectivity index (χ2v) is 6.75. The molecule has 0 heterocycles. The van der Waals surface area contributed by atoms with Gasteiger partial charge in [-0.05, 0) is 38.6 Å². The molecule has 0 aliphatic heterocycles. The first-order valence-corrected chi connectivity index (χ1v) is 9.80. The molecule has 0 radical (unpaired) electrons. The van der Waals surface area contributed by atoms with Gasteiger partial charge in [-0.25, -0.2) is 0 Å². The van der Waals surface area contributed by atoms with E-state index >= 15 is 0 Å². The highest BCUT2D eigenvalue weighted by Gasteiger charge is 2.13. The summed E-state index contributed by atoms with van der Waals surface area (Å²) in [6, 6.07) is 0.670. The van der Waals surface area contributed by atoms with Crippen LogP contribution in [-0.2, 0) is 0 Å². The Morgan fingerprint density at radius 3 is 2.38 bits per heavy atom. The number of nitrogens with one attached hydrogen (secondary N) is 1. The topological polar surface area (TPSA) is 12.0 Å². The van der Waals surface area contributed by atoms with E-state index in [9.17, 15) is 0 Å². The second-order valence-electron chi connectivity index (χ2n) is 6.75. The van der Waals surface area contributed by atoms with Crippen LogP contribution in [0.25, 0.3) is 0 Å². The first-order chi connectivity index (χ1) is 10.4. The van der Waals surface area contributed by atoms with Gasteiger partial charge in [-0.1, -0.05) is 83.3 Å². The minimum Gasteiger partial charge on any atom is -0.311 e. The zero-order valence-electron chi connectivity index (χ0n) is 14.8. The Morgan fingerprint density at radius 1 is 0.905 bits per heavy atom. The summed E-state index contributed by atoms with van der Waals surface area (Å²) in [6.45, 7) is 5.66. The lowest BCUT2D eigenvalue weighted by molar-refractivity contribution is 0.481. The van der Waals surface area contributed by atoms with E-state index in [1.165, 1.54) is 89.9 Å². The number of allylic oxidation sites excluding steroid dienone is 1. The molecular weight excluding hydrogens is 254 g/mol. The predicted molar refractivity (Wildman–Crippen MR) is 95.9 cm³/mol. The number of hydrogen-bond acceptors (Lipinski definition) is 1. The maximum absolute atomic E-state index is 3.74. The Kier molecular flexibility index (Phi) is 11.9. The van der Waals surface area contributed by atoms with Gasteiger partial charge in [-0.2, -0.15) is 0 Å². The summed E-state index contributed by atoms with van der Waals surface area (Å²) in [7, 11) is 0. The van der Waals surface area contributed by atoms with Crippen molar-refractivity contribution < 1.29 is 0 Å². The van der Waals surface area contributed by atoms with Gasteiger partial charge in [0.15, 0.2) is 0 Å². The van der Waals surface area contributed by atoms with E-state index in [4.69, 9.17) is 0 Å². The van der Waals surface area contributed by atoms with Crippen LogP contribution in [0.5, 0.6) is 0 Å². The summed E-state index contributed by atoms with van der Waals surface area (Å²) in [5.74, 6) is 0. The Bertz CT molecular complexity index is 257. The van der Waals surface area contributed by atoms with Gasteiger partial charge in [0.25, 0.3) is 0 Å². The maximum atomic E-state index is 3.74. The van der Waals surface area contributed by atoms with Crippen molar-refractivity contribution in [2.24, 2.45) is 0 Å². The molecule has 0 amide bonds. The van der Waals surface area contributed by atoms with Crippen LogP contribution in [-0.4, -0.2) is 12.6 Å². The molecule has 0 aromatic rings. The summed E-state index contributed by atoms with van der Waals surface area (Å²) in [6.07, 6.45) is 22.2. The van der Waals surface area contributed by atoms with Gasteiger partial charge in [0.2, 0.25) is 0 Å². The molecule has 0 bridgehead atoms. The van der Waals surface area contributed by atoms with Crippen molar-refractivity contribution in [1.29, 1.82) is 0 Å². The lowest BCUT2D eigenvalue weighted by Gasteiger charge is -2.23. The van der Waals surface area contributed by atoms with Gasteiger partial charge in [0.05, 0.1) is 0 Å². The minimum atomic E-state index is 0.670. The number of unbranched alkanes of at least 4 members (excludes halogenated alkanes) is 6. The molecule has 0 fully saturated rings. The van der Waals surface area contributed by atoms with Crippen molar-refractivity contribution in [2.75, 3.05) is 6.54 Å². The van der Waals surface area contributed by atoms with Crippen molar-refractivity contribution >= 4 is 0 Å². The second kappa shape index (κ2) is 13.4. The molecule has 1 N–H and O–H groups in total. The third kappa shape index (κ3) is 9.34. The molecule has 0 aromatic heterocycles. The van der Waals surface area contributed by atoms with Gasteiger partial charge in [-0.15, -0.1) is 0 Å². The van der Waals surface area contributed by atoms with Crippen LogP contribution in [0, 0.1) is 0 Å². The molecule has 124 valence electrons. The number of rotatable bonds is 11. The Hall–Kier alpha value is -0.300. The zero-order chi connectivity index (χ0) is 15.2. The van der Waals surface area contributed by atoms with Crippen molar-refractivity contribution in [1.82, 2.24) is 5.32 Å². The van der Waals surface area contributed by atoms with E-state index in [-0.39, 0.29) is 0 Å². The fourth-order valence-corrected chi connectivity index (χ4v) is 3.50. The number of likely N-dealkylation sites (N-methyl/N-ethyl adjacent to an activating group) is 1. The predicted octanol–water partition coefficient (Wildman–Crippen LogP) is 6.39. The van der Waals surface area contributed by atoms with Gasteiger partial charge in [0, 0.05) is 6.04 Å². The van der Waals surface area contributed by atoms with Gasteiger partial charge < -0.3 is 5.32 Å². The summed E-state index contributed by atoms with van der Waals surface area (Å²) in [4.78, 5) is 0. The van der Waals surface area contributed by atoms with E-state index < -0.39 is 0 Å². The van der Waals surface area contributed by atoms with Crippen LogP contribution in [0.15, 0.2) is 11.6 Å². The Morgan fingerprint density at radius 2 is 1.62 bits per heavy atom. The van der Waals surface area contributed by atoms with Crippen LogP contribution in [0.2, 0.25) is 0 Å². The van der Waals surface area contributed by atoms with Gasteiger partial charge in [-0.3, -0.25) is 0 Å². The standard InChI is InChI=1S/C20H39N/c1-3-5-6-7-8-12-15-18-20(21-4-2)19-16-13-10-9-11-14-17-19/h16,20-21H,3-15,17-18H2,1-2H3. The summed E-state index contributed by atoms with van der Waals surface area (Å²) in [5.41, 5.74) is 1.72. The fraction of sp³-hybridized carbons (Fsp3) is 0.900. The third-order valence-corrected chi connectivity index (χ3v) is 4.82. The lowest BCUT2D eigenvalue weighted by Crippen LogP contribution is -2.31. The number of hydrogen-bond donors (Lipinski definition) is 1. The van der Waals surface area contributed by atoms with E-state index in [2.05, 4.69) is 25.2 Å². The zero-order valence-corrected chi connectivity index (χ0v) is 14.8. The van der Waals surface area contributed by atoms with E-state index in [1.807, 2.05) is 0 Å². The average Bonchev–Trinajstić information content (AvgIpc) is 2.45. The quantitative estimate of drug-likeness (QED) is 0.344. The smallest absolute Gasteiger partial charge is 0.0279 e. The molecule has 1 heteroatoms. The largest absolute Gasteiger partial charge is 0.311 e.